The van der Waals surface area contributed by atoms with Gasteiger partial charge in [-0.15, -0.1) is 0 Å². The summed E-state index contributed by atoms with van der Waals surface area (Å²) in [5.74, 6) is 0. The highest BCUT2D eigenvalue weighted by Crippen LogP contribution is 2.30. The second-order valence-electron chi connectivity index (χ2n) is 4.12. The third-order valence-corrected chi connectivity index (χ3v) is 3.03. The van der Waals surface area contributed by atoms with Crippen LogP contribution in [0.5, 0.6) is 0 Å². The van der Waals surface area contributed by atoms with Crippen LogP contribution < -0.4 is 5.32 Å². The predicted octanol–water partition coefficient (Wildman–Crippen LogP) is 0.364. The van der Waals surface area contributed by atoms with Gasteiger partial charge >= 0.3 is 0 Å². The number of β-amino-alcohol motifs (C(OH)–C–C–N with tert-alkyl or cyclic N) is 1. The molecule has 0 radical (unpaired) electrons. The molecule has 1 aromatic heterocycles. The molecule has 0 atom stereocenters. The van der Waals surface area contributed by atoms with Gasteiger partial charge in [0.05, 0.1) is 5.52 Å². The molecule has 2 heterocycles. The Morgan fingerprint density at radius 2 is 2.13 bits per heavy atom. The largest absolute Gasteiger partial charge is 0.381 e. The first-order valence-corrected chi connectivity index (χ1v) is 5.06. The Bertz CT molecular complexity index is 514. The molecule has 0 aliphatic carbocycles. The second-order valence-corrected chi connectivity index (χ2v) is 4.12. The molecular formula is C11H13N3O. The van der Waals surface area contributed by atoms with E-state index in [1.54, 1.807) is 0 Å². The lowest BCUT2D eigenvalue weighted by Gasteiger charge is -2.36. The molecule has 2 N–H and O–H groups in total. The van der Waals surface area contributed by atoms with Crippen molar-refractivity contribution in [2.24, 2.45) is 7.05 Å². The first-order valence-electron chi connectivity index (χ1n) is 5.06. The lowest BCUT2D eigenvalue weighted by atomic mass is 9.91. The van der Waals surface area contributed by atoms with Crippen LogP contribution in [0.15, 0.2) is 24.3 Å². The minimum atomic E-state index is -0.777. The zero-order valence-corrected chi connectivity index (χ0v) is 8.57. The Kier molecular flexibility index (Phi) is 1.66. The van der Waals surface area contributed by atoms with Gasteiger partial charge in [-0.2, -0.15) is 5.10 Å². The van der Waals surface area contributed by atoms with Crippen molar-refractivity contribution in [2.75, 3.05) is 13.1 Å². The Morgan fingerprint density at radius 3 is 2.80 bits per heavy atom. The maximum absolute atomic E-state index is 10.3. The fourth-order valence-corrected chi connectivity index (χ4v) is 2.09. The SMILES string of the molecule is Cn1nc(C2(O)CNC2)c2ccccc21. The van der Waals surface area contributed by atoms with E-state index in [1.807, 2.05) is 36.0 Å². The smallest absolute Gasteiger partial charge is 0.134 e. The van der Waals surface area contributed by atoms with Gasteiger partial charge in [-0.05, 0) is 6.07 Å². The minimum Gasteiger partial charge on any atom is -0.381 e. The number of hydrogen-bond donors (Lipinski definition) is 2. The van der Waals surface area contributed by atoms with Gasteiger partial charge in [0.25, 0.3) is 0 Å². The third-order valence-electron chi connectivity index (χ3n) is 3.03. The number of hydrogen-bond acceptors (Lipinski definition) is 3. The van der Waals surface area contributed by atoms with Crippen LogP contribution in [-0.2, 0) is 12.6 Å². The fraction of sp³-hybridized carbons (Fsp3) is 0.364. The lowest BCUT2D eigenvalue weighted by molar-refractivity contribution is -0.0177. The zero-order valence-electron chi connectivity index (χ0n) is 8.57. The highest BCUT2D eigenvalue weighted by molar-refractivity contribution is 5.82. The number of aryl methyl sites for hydroxylation is 1. The van der Waals surface area contributed by atoms with E-state index >= 15 is 0 Å². The summed E-state index contributed by atoms with van der Waals surface area (Å²) in [4.78, 5) is 0. The average Bonchev–Trinajstić information content (AvgIpc) is 2.54. The average molecular weight is 203 g/mol. The first kappa shape index (κ1) is 8.88. The van der Waals surface area contributed by atoms with Crippen molar-refractivity contribution < 1.29 is 5.11 Å². The van der Waals surface area contributed by atoms with Crippen LogP contribution in [0.3, 0.4) is 0 Å². The van der Waals surface area contributed by atoms with E-state index in [4.69, 9.17) is 0 Å². The summed E-state index contributed by atoms with van der Waals surface area (Å²) in [7, 11) is 1.90. The van der Waals surface area contributed by atoms with E-state index in [1.165, 1.54) is 0 Å². The molecule has 4 nitrogen and oxygen atoms in total. The fourth-order valence-electron chi connectivity index (χ4n) is 2.09. The molecule has 0 bridgehead atoms. The number of para-hydroxylation sites is 1. The number of aromatic nitrogens is 2. The topological polar surface area (TPSA) is 50.1 Å². The van der Waals surface area contributed by atoms with Crippen LogP contribution >= 0.6 is 0 Å². The lowest BCUT2D eigenvalue weighted by Crippen LogP contribution is -2.57. The normalized spacial score (nSPS) is 19.1. The van der Waals surface area contributed by atoms with Gasteiger partial charge in [-0.3, -0.25) is 4.68 Å². The van der Waals surface area contributed by atoms with Gasteiger partial charge in [0, 0.05) is 25.5 Å². The van der Waals surface area contributed by atoms with E-state index in [0.29, 0.717) is 13.1 Å². The molecule has 0 amide bonds. The molecular weight excluding hydrogens is 190 g/mol. The number of fused-ring (bicyclic) bond motifs is 1. The summed E-state index contributed by atoms with van der Waals surface area (Å²) in [6, 6.07) is 7.98. The zero-order chi connectivity index (χ0) is 10.5. The number of rotatable bonds is 1. The van der Waals surface area contributed by atoms with E-state index in [-0.39, 0.29) is 0 Å². The third kappa shape index (κ3) is 1.12. The standard InChI is InChI=1S/C11H13N3O/c1-14-9-5-3-2-4-8(9)10(13-14)11(15)6-12-7-11/h2-5,12,15H,6-7H2,1H3. The van der Waals surface area contributed by atoms with Crippen LogP contribution in [0.1, 0.15) is 5.69 Å². The summed E-state index contributed by atoms with van der Waals surface area (Å²) in [6.07, 6.45) is 0. The van der Waals surface area contributed by atoms with E-state index in [9.17, 15) is 5.11 Å². The molecule has 78 valence electrons. The quantitative estimate of drug-likeness (QED) is 0.703. The van der Waals surface area contributed by atoms with E-state index < -0.39 is 5.60 Å². The van der Waals surface area contributed by atoms with Crippen LogP contribution in [0.25, 0.3) is 10.9 Å². The van der Waals surface area contributed by atoms with Crippen LogP contribution in [0, 0.1) is 0 Å². The van der Waals surface area contributed by atoms with Gasteiger partial charge in [-0.25, -0.2) is 0 Å². The molecule has 15 heavy (non-hydrogen) atoms. The Morgan fingerprint density at radius 1 is 1.40 bits per heavy atom. The number of nitrogens with zero attached hydrogens (tertiary/aromatic N) is 2. The molecule has 0 unspecified atom stereocenters. The number of benzene rings is 1. The second kappa shape index (κ2) is 2.81. The van der Waals surface area contributed by atoms with Gasteiger partial charge in [0.1, 0.15) is 11.3 Å². The molecule has 1 saturated heterocycles. The Labute approximate surface area is 87.5 Å². The summed E-state index contributed by atoms with van der Waals surface area (Å²) in [5.41, 5.74) is 1.08. The molecule has 3 rings (SSSR count). The molecule has 1 fully saturated rings. The molecule has 2 aromatic rings. The van der Waals surface area contributed by atoms with Gasteiger partial charge in [0.15, 0.2) is 0 Å². The monoisotopic (exact) mass is 203 g/mol. The van der Waals surface area contributed by atoms with Gasteiger partial charge in [0.2, 0.25) is 0 Å². The molecule has 1 aliphatic heterocycles. The predicted molar refractivity (Wildman–Crippen MR) is 57.5 cm³/mol. The minimum absolute atomic E-state index is 0.591. The molecule has 1 aliphatic rings. The Balaban J connectivity index is 2.27. The summed E-state index contributed by atoms with van der Waals surface area (Å²) in [5, 5.41) is 18.8. The van der Waals surface area contributed by atoms with Crippen molar-refractivity contribution in [2.45, 2.75) is 5.60 Å². The first-order chi connectivity index (χ1) is 7.21. The Hall–Kier alpha value is -1.39. The van der Waals surface area contributed by atoms with Crippen molar-refractivity contribution in [3.63, 3.8) is 0 Å². The summed E-state index contributed by atoms with van der Waals surface area (Å²) < 4.78 is 1.82. The van der Waals surface area contributed by atoms with Gasteiger partial charge in [-0.1, -0.05) is 18.2 Å². The van der Waals surface area contributed by atoms with Crippen LogP contribution in [0.4, 0.5) is 0 Å². The van der Waals surface area contributed by atoms with Gasteiger partial charge < -0.3 is 10.4 Å². The maximum Gasteiger partial charge on any atom is 0.134 e. The number of nitrogens with one attached hydrogen (secondary N) is 1. The van der Waals surface area contributed by atoms with E-state index in [2.05, 4.69) is 10.4 Å². The van der Waals surface area contributed by atoms with Crippen molar-refractivity contribution in [1.82, 2.24) is 15.1 Å². The van der Waals surface area contributed by atoms with Crippen molar-refractivity contribution >= 4 is 10.9 Å². The number of aliphatic hydroxyl groups is 1. The van der Waals surface area contributed by atoms with Crippen molar-refractivity contribution in [1.29, 1.82) is 0 Å². The molecule has 0 spiro atoms. The molecule has 4 heteroatoms. The highest BCUT2D eigenvalue weighted by atomic mass is 16.3. The van der Waals surface area contributed by atoms with Crippen molar-refractivity contribution in [3.05, 3.63) is 30.0 Å². The summed E-state index contributed by atoms with van der Waals surface area (Å²) >= 11 is 0. The van der Waals surface area contributed by atoms with Crippen LogP contribution in [-0.4, -0.2) is 28.0 Å². The highest BCUT2D eigenvalue weighted by Gasteiger charge is 2.40. The van der Waals surface area contributed by atoms with Crippen LogP contribution in [0.2, 0.25) is 0 Å². The maximum atomic E-state index is 10.3. The molecule has 0 saturated carbocycles. The molecule has 1 aromatic carbocycles. The van der Waals surface area contributed by atoms with Crippen molar-refractivity contribution in [3.8, 4) is 0 Å². The summed E-state index contributed by atoms with van der Waals surface area (Å²) in [6.45, 7) is 1.18. The van der Waals surface area contributed by atoms with E-state index in [0.717, 1.165) is 16.6 Å².